The van der Waals surface area contributed by atoms with Crippen LogP contribution in [0, 0.1) is 0 Å². The maximum atomic E-state index is 6.64. The van der Waals surface area contributed by atoms with Gasteiger partial charge in [-0.1, -0.05) is 73.5 Å². The van der Waals surface area contributed by atoms with Gasteiger partial charge in [0.25, 0.3) is 0 Å². The van der Waals surface area contributed by atoms with Crippen molar-refractivity contribution in [3.8, 4) is 0 Å². The van der Waals surface area contributed by atoms with Crippen molar-refractivity contribution in [3.63, 3.8) is 0 Å². The van der Waals surface area contributed by atoms with Crippen LogP contribution in [-0.2, 0) is 8.85 Å². The molecule has 2 nitrogen and oxygen atoms in total. The largest absolute Gasteiger partial charge is 0.407 e. The molecule has 21 heavy (non-hydrogen) atoms. The van der Waals surface area contributed by atoms with Crippen molar-refractivity contribution in [2.24, 2.45) is 0 Å². The second-order valence-corrected chi connectivity index (χ2v) is 8.80. The Morgan fingerprint density at radius 3 is 1.52 bits per heavy atom. The van der Waals surface area contributed by atoms with Gasteiger partial charge < -0.3 is 8.85 Å². The first-order valence-electron chi connectivity index (χ1n) is 7.85. The second kappa shape index (κ2) is 5.41. The third-order valence-electron chi connectivity index (χ3n) is 4.58. The summed E-state index contributed by atoms with van der Waals surface area (Å²) < 4.78 is 13.3. The van der Waals surface area contributed by atoms with Crippen LogP contribution >= 0.6 is 0 Å². The third kappa shape index (κ3) is 2.26. The minimum absolute atomic E-state index is 0.283. The molecule has 1 aliphatic heterocycles. The molecular formula is C18H20O2Si. The van der Waals surface area contributed by atoms with Gasteiger partial charge in [0.15, 0.2) is 0 Å². The molecule has 0 N–H and O–H groups in total. The summed E-state index contributed by atoms with van der Waals surface area (Å²) >= 11 is 0. The summed E-state index contributed by atoms with van der Waals surface area (Å²) in [5.41, 5.74) is 0. The molecule has 1 saturated heterocycles. The van der Waals surface area contributed by atoms with Crippen molar-refractivity contribution in [1.29, 1.82) is 0 Å². The minimum Gasteiger partial charge on any atom is -0.382 e. The van der Waals surface area contributed by atoms with Crippen LogP contribution in [0.25, 0.3) is 0 Å². The Morgan fingerprint density at radius 1 is 0.667 bits per heavy atom. The zero-order valence-electron chi connectivity index (χ0n) is 12.1. The van der Waals surface area contributed by atoms with Crippen molar-refractivity contribution in [2.75, 3.05) is 0 Å². The van der Waals surface area contributed by atoms with E-state index < -0.39 is 8.56 Å². The van der Waals surface area contributed by atoms with E-state index in [0.717, 1.165) is 12.8 Å². The van der Waals surface area contributed by atoms with Gasteiger partial charge in [0, 0.05) is 0 Å². The highest BCUT2D eigenvalue weighted by Gasteiger charge is 2.54. The number of benzene rings is 2. The molecule has 3 heteroatoms. The molecule has 2 atom stereocenters. The van der Waals surface area contributed by atoms with E-state index in [0.29, 0.717) is 0 Å². The topological polar surface area (TPSA) is 18.5 Å². The summed E-state index contributed by atoms with van der Waals surface area (Å²) in [5.74, 6) is 0. The lowest BCUT2D eigenvalue weighted by atomic mass is 9.95. The van der Waals surface area contributed by atoms with E-state index in [1.54, 1.807) is 0 Å². The summed E-state index contributed by atoms with van der Waals surface area (Å²) in [6.45, 7) is 0. The normalized spacial score (nSPS) is 27.2. The standard InChI is InChI=1S/C18H20O2Si/c1-3-9-15(10-4-1)21(16-11-5-2-6-12-16)19-17-13-7-8-14-18(17)20-21/h1-6,9-12,17-18H,7-8,13-14H2/t17-,18+. The highest BCUT2D eigenvalue weighted by molar-refractivity contribution is 6.93. The molecule has 1 aliphatic carbocycles. The van der Waals surface area contributed by atoms with Crippen LogP contribution in [-0.4, -0.2) is 20.8 Å². The zero-order chi connectivity index (χ0) is 14.1. The Morgan fingerprint density at radius 2 is 1.10 bits per heavy atom. The minimum atomic E-state index is -2.51. The van der Waals surface area contributed by atoms with Crippen molar-refractivity contribution in [1.82, 2.24) is 0 Å². The first-order valence-corrected chi connectivity index (χ1v) is 9.67. The van der Waals surface area contributed by atoms with Crippen molar-refractivity contribution >= 4 is 18.9 Å². The van der Waals surface area contributed by atoms with Gasteiger partial charge in [-0.3, -0.25) is 0 Å². The van der Waals surface area contributed by atoms with Crippen LogP contribution in [0.5, 0.6) is 0 Å². The van der Waals surface area contributed by atoms with Crippen LogP contribution in [0.2, 0.25) is 0 Å². The van der Waals surface area contributed by atoms with Crippen molar-refractivity contribution < 1.29 is 8.85 Å². The Labute approximate surface area is 127 Å². The second-order valence-electron chi connectivity index (χ2n) is 5.95. The number of hydrogen-bond acceptors (Lipinski definition) is 2. The first kappa shape index (κ1) is 13.3. The lowest BCUT2D eigenvalue weighted by Gasteiger charge is -2.25. The predicted octanol–water partition coefficient (Wildman–Crippen LogP) is 2.60. The van der Waals surface area contributed by atoms with Crippen LogP contribution in [0.3, 0.4) is 0 Å². The number of fused-ring (bicyclic) bond motifs is 1. The Hall–Kier alpha value is -1.42. The van der Waals surface area contributed by atoms with Gasteiger partial charge in [0.05, 0.1) is 12.2 Å². The SMILES string of the molecule is c1ccc([Si]2(c3ccccc3)O[C@H]3CCCC[C@H]3O2)cc1. The van der Waals surface area contributed by atoms with E-state index in [1.165, 1.54) is 23.2 Å². The molecule has 0 aromatic heterocycles. The molecule has 0 unspecified atom stereocenters. The molecule has 4 rings (SSSR count). The summed E-state index contributed by atoms with van der Waals surface area (Å²) in [6, 6.07) is 21.1. The lowest BCUT2D eigenvalue weighted by molar-refractivity contribution is 0.110. The summed E-state index contributed by atoms with van der Waals surface area (Å²) in [6.07, 6.45) is 5.37. The van der Waals surface area contributed by atoms with Crippen LogP contribution in [0.1, 0.15) is 25.7 Å². The molecule has 0 radical (unpaired) electrons. The average molecular weight is 296 g/mol. The fourth-order valence-corrected chi connectivity index (χ4v) is 7.13. The highest BCUT2D eigenvalue weighted by Crippen LogP contribution is 2.34. The Balaban J connectivity index is 1.81. The van der Waals surface area contributed by atoms with Gasteiger partial charge in [-0.15, -0.1) is 0 Å². The van der Waals surface area contributed by atoms with Crippen molar-refractivity contribution in [2.45, 2.75) is 37.9 Å². The number of rotatable bonds is 2. The van der Waals surface area contributed by atoms with Gasteiger partial charge in [0.1, 0.15) is 0 Å². The molecule has 0 bridgehead atoms. The molecule has 2 aliphatic rings. The molecule has 2 aromatic carbocycles. The molecular weight excluding hydrogens is 276 g/mol. The van der Waals surface area contributed by atoms with Gasteiger partial charge in [-0.25, -0.2) is 0 Å². The summed E-state index contributed by atoms with van der Waals surface area (Å²) in [7, 11) is -2.51. The number of hydrogen-bond donors (Lipinski definition) is 0. The van der Waals surface area contributed by atoms with Gasteiger partial charge in [-0.05, 0) is 23.2 Å². The molecule has 2 fully saturated rings. The molecule has 0 spiro atoms. The maximum Gasteiger partial charge on any atom is 0.407 e. The van der Waals surface area contributed by atoms with Crippen LogP contribution < -0.4 is 10.4 Å². The van der Waals surface area contributed by atoms with E-state index in [-0.39, 0.29) is 12.2 Å². The summed E-state index contributed by atoms with van der Waals surface area (Å²) in [4.78, 5) is 0. The van der Waals surface area contributed by atoms with E-state index in [2.05, 4.69) is 60.7 Å². The maximum absolute atomic E-state index is 6.64. The fourth-order valence-electron chi connectivity index (χ4n) is 3.54. The Bertz CT molecular complexity index is 544. The van der Waals surface area contributed by atoms with E-state index >= 15 is 0 Å². The van der Waals surface area contributed by atoms with Gasteiger partial charge >= 0.3 is 8.56 Å². The fraction of sp³-hybridized carbons (Fsp3) is 0.333. The highest BCUT2D eigenvalue weighted by atomic mass is 28.4. The summed E-state index contributed by atoms with van der Waals surface area (Å²) in [5, 5.41) is 2.45. The zero-order valence-corrected chi connectivity index (χ0v) is 13.1. The van der Waals surface area contributed by atoms with Gasteiger partial charge in [-0.2, -0.15) is 0 Å². The first-order chi connectivity index (χ1) is 10.4. The Kier molecular flexibility index (Phi) is 3.41. The molecule has 1 saturated carbocycles. The monoisotopic (exact) mass is 296 g/mol. The quantitative estimate of drug-likeness (QED) is 0.793. The average Bonchev–Trinajstić information content (AvgIpc) is 2.97. The van der Waals surface area contributed by atoms with Crippen molar-refractivity contribution in [3.05, 3.63) is 60.7 Å². The molecule has 0 amide bonds. The molecule has 108 valence electrons. The van der Waals surface area contributed by atoms with Crippen LogP contribution in [0.4, 0.5) is 0 Å². The third-order valence-corrected chi connectivity index (χ3v) is 8.04. The van der Waals surface area contributed by atoms with E-state index in [9.17, 15) is 0 Å². The van der Waals surface area contributed by atoms with Crippen LogP contribution in [0.15, 0.2) is 60.7 Å². The van der Waals surface area contributed by atoms with Gasteiger partial charge in [0.2, 0.25) is 0 Å². The lowest BCUT2D eigenvalue weighted by Crippen LogP contribution is -2.60. The molecule has 2 aromatic rings. The predicted molar refractivity (Wildman–Crippen MR) is 86.1 cm³/mol. The smallest absolute Gasteiger partial charge is 0.382 e. The molecule has 1 heterocycles. The van der Waals surface area contributed by atoms with E-state index in [1.807, 2.05) is 0 Å². The van der Waals surface area contributed by atoms with E-state index in [4.69, 9.17) is 8.85 Å².